The van der Waals surface area contributed by atoms with Crippen LogP contribution in [0.25, 0.3) is 0 Å². The Hall–Kier alpha value is -1.72. The summed E-state index contributed by atoms with van der Waals surface area (Å²) in [6.07, 6.45) is 5.84. The fraction of sp³-hybridized carbons (Fsp3) is 0.467. The lowest BCUT2D eigenvalue weighted by atomic mass is 10.1. The lowest BCUT2D eigenvalue weighted by molar-refractivity contribution is 0.219. The van der Waals surface area contributed by atoms with Gasteiger partial charge in [-0.2, -0.15) is 5.10 Å². The van der Waals surface area contributed by atoms with Gasteiger partial charge in [-0.15, -0.1) is 0 Å². The molecule has 0 amide bonds. The Labute approximate surface area is 118 Å². The van der Waals surface area contributed by atoms with Crippen LogP contribution in [0, 0.1) is 0 Å². The Bertz CT molecular complexity index is 523. The molecule has 0 bridgehead atoms. The van der Waals surface area contributed by atoms with E-state index in [2.05, 4.69) is 27.1 Å². The summed E-state index contributed by atoms with van der Waals surface area (Å²) in [6, 6.07) is 8.75. The fourth-order valence-corrected chi connectivity index (χ4v) is 2.84. The van der Waals surface area contributed by atoms with E-state index in [1.54, 1.807) is 12.7 Å². The van der Waals surface area contributed by atoms with E-state index in [1.165, 1.54) is 18.4 Å². The van der Waals surface area contributed by atoms with E-state index in [0.717, 1.165) is 25.2 Å². The molecular formula is C15H20N4O. The van der Waals surface area contributed by atoms with E-state index in [4.69, 9.17) is 5.11 Å². The number of aromatic nitrogens is 3. The number of hydrogen-bond acceptors (Lipinski definition) is 4. The van der Waals surface area contributed by atoms with Gasteiger partial charge in [0.15, 0.2) is 0 Å². The molecule has 0 radical (unpaired) electrons. The number of hydrogen-bond donors (Lipinski definition) is 1. The third-order valence-corrected chi connectivity index (χ3v) is 3.95. The summed E-state index contributed by atoms with van der Waals surface area (Å²) >= 11 is 0. The molecule has 1 fully saturated rings. The molecule has 1 aliphatic rings. The van der Waals surface area contributed by atoms with Crippen LogP contribution in [0.2, 0.25) is 0 Å². The molecule has 1 aromatic carbocycles. The second-order valence-corrected chi connectivity index (χ2v) is 5.36. The molecule has 0 saturated carbocycles. The predicted octanol–water partition coefficient (Wildman–Crippen LogP) is 1.44. The molecule has 1 aromatic heterocycles. The Morgan fingerprint density at radius 3 is 2.70 bits per heavy atom. The Morgan fingerprint density at radius 1 is 1.20 bits per heavy atom. The van der Waals surface area contributed by atoms with Crippen molar-refractivity contribution >= 4 is 0 Å². The lowest BCUT2D eigenvalue weighted by Crippen LogP contribution is -2.32. The smallest absolute Gasteiger partial charge is 0.137 e. The quantitative estimate of drug-likeness (QED) is 0.894. The first kappa shape index (κ1) is 13.3. The fourth-order valence-electron chi connectivity index (χ4n) is 2.84. The molecule has 1 aliphatic heterocycles. The molecule has 3 rings (SSSR count). The van der Waals surface area contributed by atoms with Crippen LogP contribution in [0.15, 0.2) is 36.9 Å². The molecule has 1 N–H and O–H groups in total. The van der Waals surface area contributed by atoms with Crippen molar-refractivity contribution in [1.29, 1.82) is 0 Å². The van der Waals surface area contributed by atoms with Gasteiger partial charge < -0.3 is 5.11 Å². The molecule has 1 atom stereocenters. The van der Waals surface area contributed by atoms with Crippen molar-refractivity contribution in [3.63, 3.8) is 0 Å². The van der Waals surface area contributed by atoms with Crippen LogP contribution in [0.5, 0.6) is 0 Å². The molecule has 5 heteroatoms. The van der Waals surface area contributed by atoms with E-state index in [1.807, 2.05) is 16.8 Å². The minimum Gasteiger partial charge on any atom is -0.392 e. The maximum absolute atomic E-state index is 9.07. The van der Waals surface area contributed by atoms with Crippen molar-refractivity contribution in [2.24, 2.45) is 0 Å². The molecule has 1 unspecified atom stereocenters. The second-order valence-electron chi connectivity index (χ2n) is 5.36. The molecule has 2 aromatic rings. The van der Waals surface area contributed by atoms with Crippen LogP contribution in [0.4, 0.5) is 0 Å². The minimum atomic E-state index is 0.110. The maximum Gasteiger partial charge on any atom is 0.137 e. The average Bonchev–Trinajstić information content (AvgIpc) is 3.13. The third-order valence-electron chi connectivity index (χ3n) is 3.95. The monoisotopic (exact) mass is 272 g/mol. The molecule has 0 spiro atoms. The van der Waals surface area contributed by atoms with Crippen LogP contribution in [-0.2, 0) is 19.7 Å². The number of benzene rings is 1. The zero-order chi connectivity index (χ0) is 13.8. The predicted molar refractivity (Wildman–Crippen MR) is 75.8 cm³/mol. The molecule has 1 saturated heterocycles. The van der Waals surface area contributed by atoms with Crippen LogP contribution < -0.4 is 0 Å². The SMILES string of the molecule is OCc1ccc(CN2CCCC2Cn2cncn2)cc1. The number of aliphatic hydroxyl groups excluding tert-OH is 1. The van der Waals surface area contributed by atoms with Gasteiger partial charge in [0.2, 0.25) is 0 Å². The molecular weight excluding hydrogens is 252 g/mol. The van der Waals surface area contributed by atoms with E-state index in [0.29, 0.717) is 6.04 Å². The minimum absolute atomic E-state index is 0.110. The normalized spacial score (nSPS) is 19.6. The van der Waals surface area contributed by atoms with Gasteiger partial charge in [0.05, 0.1) is 13.2 Å². The van der Waals surface area contributed by atoms with Crippen LogP contribution in [-0.4, -0.2) is 37.4 Å². The first-order chi connectivity index (χ1) is 9.85. The van der Waals surface area contributed by atoms with Crippen molar-refractivity contribution in [2.45, 2.75) is 38.6 Å². The molecule has 20 heavy (non-hydrogen) atoms. The number of nitrogens with zero attached hydrogens (tertiary/aromatic N) is 4. The van der Waals surface area contributed by atoms with Gasteiger partial charge >= 0.3 is 0 Å². The summed E-state index contributed by atoms with van der Waals surface area (Å²) in [5.74, 6) is 0. The molecule has 5 nitrogen and oxygen atoms in total. The Morgan fingerprint density at radius 2 is 2.00 bits per heavy atom. The third kappa shape index (κ3) is 3.05. The Balaban J connectivity index is 1.63. The van der Waals surface area contributed by atoms with Crippen molar-refractivity contribution in [3.8, 4) is 0 Å². The topological polar surface area (TPSA) is 54.2 Å². The highest BCUT2D eigenvalue weighted by Gasteiger charge is 2.24. The van der Waals surface area contributed by atoms with E-state index in [9.17, 15) is 0 Å². The van der Waals surface area contributed by atoms with Gasteiger partial charge in [0, 0.05) is 12.6 Å². The summed E-state index contributed by atoms with van der Waals surface area (Å²) in [6.45, 7) is 3.12. The summed E-state index contributed by atoms with van der Waals surface area (Å²) in [7, 11) is 0. The highest BCUT2D eigenvalue weighted by atomic mass is 16.3. The average molecular weight is 272 g/mol. The van der Waals surface area contributed by atoms with E-state index >= 15 is 0 Å². The number of rotatable bonds is 5. The van der Waals surface area contributed by atoms with Gasteiger partial charge in [0.25, 0.3) is 0 Å². The first-order valence-corrected chi connectivity index (χ1v) is 7.10. The summed E-state index contributed by atoms with van der Waals surface area (Å²) in [5.41, 5.74) is 2.27. The largest absolute Gasteiger partial charge is 0.392 e. The van der Waals surface area contributed by atoms with Crippen molar-refractivity contribution in [1.82, 2.24) is 19.7 Å². The number of likely N-dealkylation sites (tertiary alicyclic amines) is 1. The standard InChI is InChI=1S/C15H20N4O/c20-10-14-5-3-13(4-6-14)8-18-7-1-2-15(18)9-19-12-16-11-17-19/h3-6,11-12,15,20H,1-2,7-10H2. The van der Waals surface area contributed by atoms with Crippen molar-refractivity contribution in [2.75, 3.05) is 6.54 Å². The van der Waals surface area contributed by atoms with E-state index < -0.39 is 0 Å². The van der Waals surface area contributed by atoms with Gasteiger partial charge in [-0.05, 0) is 30.5 Å². The maximum atomic E-state index is 9.07. The van der Waals surface area contributed by atoms with Gasteiger partial charge in [-0.1, -0.05) is 24.3 Å². The number of aliphatic hydroxyl groups is 1. The second kappa shape index (κ2) is 6.15. The zero-order valence-electron chi connectivity index (χ0n) is 11.5. The van der Waals surface area contributed by atoms with Crippen LogP contribution >= 0.6 is 0 Å². The van der Waals surface area contributed by atoms with Gasteiger partial charge in [-0.25, -0.2) is 4.98 Å². The van der Waals surface area contributed by atoms with Crippen LogP contribution in [0.3, 0.4) is 0 Å². The van der Waals surface area contributed by atoms with Crippen molar-refractivity contribution < 1.29 is 5.11 Å². The lowest BCUT2D eigenvalue weighted by Gasteiger charge is -2.24. The molecule has 0 aliphatic carbocycles. The zero-order valence-corrected chi connectivity index (χ0v) is 11.5. The Kier molecular flexibility index (Phi) is 4.08. The molecule has 106 valence electrons. The van der Waals surface area contributed by atoms with E-state index in [-0.39, 0.29) is 6.61 Å². The van der Waals surface area contributed by atoms with Gasteiger partial charge in [-0.3, -0.25) is 9.58 Å². The summed E-state index contributed by atoms with van der Waals surface area (Å²) in [4.78, 5) is 6.51. The van der Waals surface area contributed by atoms with Crippen LogP contribution in [0.1, 0.15) is 24.0 Å². The van der Waals surface area contributed by atoms with Gasteiger partial charge in [0.1, 0.15) is 12.7 Å². The summed E-state index contributed by atoms with van der Waals surface area (Å²) in [5, 5.41) is 13.3. The molecule has 2 heterocycles. The summed E-state index contributed by atoms with van der Waals surface area (Å²) < 4.78 is 1.91. The highest BCUT2D eigenvalue weighted by Crippen LogP contribution is 2.21. The highest BCUT2D eigenvalue weighted by molar-refractivity contribution is 5.22. The van der Waals surface area contributed by atoms with Crippen molar-refractivity contribution in [3.05, 3.63) is 48.0 Å². The first-order valence-electron chi connectivity index (χ1n) is 7.10.